The summed E-state index contributed by atoms with van der Waals surface area (Å²) in [4.78, 5) is 11.9. The molecule has 190 valence electrons. The second-order valence-electron chi connectivity index (χ2n) is 14.8. The summed E-state index contributed by atoms with van der Waals surface area (Å²) in [6.07, 6.45) is 14.1. The molecule has 0 aromatic rings. The highest BCUT2D eigenvalue weighted by molar-refractivity contribution is 5.66. The van der Waals surface area contributed by atoms with E-state index in [1.54, 1.807) is 6.92 Å². The monoisotopic (exact) mass is 466 g/mol. The molecule has 9 unspecified atom stereocenters. The highest BCUT2D eigenvalue weighted by Gasteiger charge is 2.68. The molecule has 0 heterocycles. The molecule has 2 heteroatoms. The Balaban J connectivity index is 1.55. The molecule has 0 bridgehead atoms. The molecule has 0 radical (unpaired) electrons. The molecule has 4 fully saturated rings. The summed E-state index contributed by atoms with van der Waals surface area (Å²) >= 11 is 0. The number of hydrogen-bond acceptors (Lipinski definition) is 2. The van der Waals surface area contributed by atoms with Gasteiger partial charge in [0.2, 0.25) is 0 Å². The first-order chi connectivity index (χ1) is 15.7. The Morgan fingerprint density at radius 3 is 2.35 bits per heavy atom. The van der Waals surface area contributed by atoms with Gasteiger partial charge in [0, 0.05) is 12.3 Å². The number of esters is 1. The van der Waals surface area contributed by atoms with E-state index in [2.05, 4.69) is 61.1 Å². The van der Waals surface area contributed by atoms with E-state index >= 15 is 0 Å². The highest BCUT2D eigenvalue weighted by atomic mass is 16.5. The van der Waals surface area contributed by atoms with Crippen molar-refractivity contribution in [1.29, 1.82) is 0 Å². The molecule has 0 N–H and O–H groups in total. The molecule has 0 saturated heterocycles. The number of rotatable bonds is 1. The molecule has 0 amide bonds. The van der Waals surface area contributed by atoms with Crippen LogP contribution in [0.25, 0.3) is 0 Å². The van der Waals surface area contributed by atoms with Crippen molar-refractivity contribution in [3.05, 3.63) is 23.8 Å². The molecule has 5 aliphatic carbocycles. The lowest BCUT2D eigenvalue weighted by molar-refractivity contribution is -0.211. The van der Waals surface area contributed by atoms with Crippen LogP contribution >= 0.6 is 0 Å². The number of fused-ring (bicyclic) bond motifs is 7. The van der Waals surface area contributed by atoms with E-state index in [4.69, 9.17) is 4.74 Å². The highest BCUT2D eigenvalue weighted by Crippen LogP contribution is 2.75. The Bertz CT molecular complexity index is 927. The summed E-state index contributed by atoms with van der Waals surface area (Å²) in [6, 6.07) is 0. The average Bonchev–Trinajstić information content (AvgIpc) is 2.74. The molecule has 2 nitrogen and oxygen atoms in total. The first-order valence-corrected chi connectivity index (χ1v) is 14.3. The van der Waals surface area contributed by atoms with Crippen molar-refractivity contribution in [3.8, 4) is 0 Å². The molecule has 0 aromatic heterocycles. The van der Waals surface area contributed by atoms with Crippen LogP contribution in [0, 0.1) is 50.7 Å². The Kier molecular flexibility index (Phi) is 5.42. The van der Waals surface area contributed by atoms with Crippen LogP contribution in [0.1, 0.15) is 113 Å². The van der Waals surface area contributed by atoms with Crippen LogP contribution < -0.4 is 0 Å². The molecule has 9 atom stereocenters. The van der Waals surface area contributed by atoms with Gasteiger partial charge in [0.25, 0.3) is 0 Å². The van der Waals surface area contributed by atoms with Crippen LogP contribution in [0.2, 0.25) is 0 Å². The fourth-order valence-corrected chi connectivity index (χ4v) is 11.0. The van der Waals surface area contributed by atoms with Crippen LogP contribution in [-0.2, 0) is 9.53 Å². The molecule has 0 aliphatic heterocycles. The maximum absolute atomic E-state index is 11.9. The van der Waals surface area contributed by atoms with Gasteiger partial charge in [-0.05, 0) is 103 Å². The maximum Gasteiger partial charge on any atom is 0.302 e. The molecule has 4 saturated carbocycles. The third-order valence-corrected chi connectivity index (χ3v) is 13.2. The summed E-state index contributed by atoms with van der Waals surface area (Å²) in [6.45, 7) is 23.9. The van der Waals surface area contributed by atoms with E-state index in [1.165, 1.54) is 56.9 Å². The van der Waals surface area contributed by atoms with Gasteiger partial charge in [-0.15, -0.1) is 0 Å². The van der Waals surface area contributed by atoms with Crippen LogP contribution in [0.15, 0.2) is 23.8 Å². The van der Waals surface area contributed by atoms with E-state index in [9.17, 15) is 4.79 Å². The fourth-order valence-electron chi connectivity index (χ4n) is 11.0. The van der Waals surface area contributed by atoms with Gasteiger partial charge in [0.05, 0.1) is 0 Å². The lowest BCUT2D eigenvalue weighted by Crippen LogP contribution is -2.64. The Hall–Kier alpha value is -1.05. The SMILES string of the molecule is C=C1CCC2(C)CCC3(C)C(=CCC4C5(C)CCC(OC(C)=O)C(C)(C)C5CCC43C)C2C1C. The lowest BCUT2D eigenvalue weighted by atomic mass is 9.33. The van der Waals surface area contributed by atoms with Gasteiger partial charge in [-0.25, -0.2) is 0 Å². The Morgan fingerprint density at radius 1 is 0.971 bits per heavy atom. The summed E-state index contributed by atoms with van der Waals surface area (Å²) in [5, 5.41) is 0. The number of hydrogen-bond donors (Lipinski definition) is 0. The Labute approximate surface area is 209 Å². The van der Waals surface area contributed by atoms with E-state index in [-0.39, 0.29) is 22.9 Å². The summed E-state index contributed by atoms with van der Waals surface area (Å²) in [5.74, 6) is 2.48. The van der Waals surface area contributed by atoms with Crippen molar-refractivity contribution in [3.63, 3.8) is 0 Å². The third kappa shape index (κ3) is 3.02. The second-order valence-corrected chi connectivity index (χ2v) is 14.8. The van der Waals surface area contributed by atoms with Crippen molar-refractivity contribution in [1.82, 2.24) is 0 Å². The predicted molar refractivity (Wildman–Crippen MR) is 140 cm³/mol. The average molecular weight is 467 g/mol. The van der Waals surface area contributed by atoms with Gasteiger partial charge >= 0.3 is 5.97 Å². The summed E-state index contributed by atoms with van der Waals surface area (Å²) in [7, 11) is 0. The number of allylic oxidation sites excluding steroid dienone is 3. The normalized spacial score (nSPS) is 51.8. The maximum atomic E-state index is 11.9. The molecular weight excluding hydrogens is 416 g/mol. The molecule has 0 aromatic carbocycles. The van der Waals surface area contributed by atoms with Gasteiger partial charge in [-0.3, -0.25) is 4.79 Å². The van der Waals surface area contributed by atoms with Crippen LogP contribution in [-0.4, -0.2) is 12.1 Å². The number of carbonyl (C=O) groups excluding carboxylic acids is 1. The standard InChI is InChI=1S/C32H50O2/c1-20-12-15-29(6)18-19-31(8)23(27(29)21(20)2)10-11-25-30(7)16-14-26(34-22(3)33)28(4,5)24(30)13-17-32(25,31)9/h10,21,24-27H,1,11-19H2,2-9H3. The van der Waals surface area contributed by atoms with Crippen molar-refractivity contribution in [2.45, 2.75) is 119 Å². The first kappa shape index (κ1) is 24.6. The van der Waals surface area contributed by atoms with Crippen LogP contribution in [0.3, 0.4) is 0 Å². The zero-order valence-corrected chi connectivity index (χ0v) is 23.4. The van der Waals surface area contributed by atoms with Crippen molar-refractivity contribution in [2.24, 2.45) is 50.7 Å². The largest absolute Gasteiger partial charge is 0.462 e. The number of ether oxygens (including phenoxy) is 1. The van der Waals surface area contributed by atoms with Gasteiger partial charge in [-0.2, -0.15) is 0 Å². The fraction of sp³-hybridized carbons (Fsp3) is 0.844. The van der Waals surface area contributed by atoms with E-state index < -0.39 is 0 Å². The van der Waals surface area contributed by atoms with Crippen LogP contribution in [0.4, 0.5) is 0 Å². The van der Waals surface area contributed by atoms with E-state index in [0.29, 0.717) is 39.9 Å². The predicted octanol–water partition coefficient (Wildman–Crippen LogP) is 8.52. The van der Waals surface area contributed by atoms with Gasteiger partial charge in [-0.1, -0.05) is 72.3 Å². The van der Waals surface area contributed by atoms with Crippen molar-refractivity contribution in [2.75, 3.05) is 0 Å². The number of carbonyl (C=O) groups is 1. The zero-order chi connectivity index (χ0) is 24.9. The summed E-state index contributed by atoms with van der Waals surface area (Å²) in [5.41, 5.74) is 4.71. The van der Waals surface area contributed by atoms with E-state index in [0.717, 1.165) is 6.42 Å². The molecule has 34 heavy (non-hydrogen) atoms. The van der Waals surface area contributed by atoms with Gasteiger partial charge in [0.15, 0.2) is 0 Å². The third-order valence-electron chi connectivity index (χ3n) is 13.2. The minimum atomic E-state index is -0.117. The van der Waals surface area contributed by atoms with Crippen molar-refractivity contribution >= 4 is 5.97 Å². The minimum Gasteiger partial charge on any atom is -0.462 e. The second kappa shape index (κ2) is 7.48. The zero-order valence-electron chi connectivity index (χ0n) is 23.4. The quantitative estimate of drug-likeness (QED) is 0.286. The molecule has 5 aliphatic rings. The first-order valence-electron chi connectivity index (χ1n) is 14.3. The molecule has 5 rings (SSSR count). The van der Waals surface area contributed by atoms with Gasteiger partial charge in [0.1, 0.15) is 6.10 Å². The van der Waals surface area contributed by atoms with Crippen LogP contribution in [0.5, 0.6) is 0 Å². The topological polar surface area (TPSA) is 26.3 Å². The summed E-state index contributed by atoms with van der Waals surface area (Å²) < 4.78 is 5.90. The molecular formula is C32H50O2. The van der Waals surface area contributed by atoms with Crippen molar-refractivity contribution < 1.29 is 9.53 Å². The lowest BCUT2D eigenvalue weighted by Gasteiger charge is -2.71. The Morgan fingerprint density at radius 2 is 1.68 bits per heavy atom. The molecule has 0 spiro atoms. The smallest absolute Gasteiger partial charge is 0.302 e. The minimum absolute atomic E-state index is 0.0334. The van der Waals surface area contributed by atoms with E-state index in [1.807, 2.05) is 5.57 Å². The van der Waals surface area contributed by atoms with Gasteiger partial charge < -0.3 is 4.74 Å².